The second-order valence-corrected chi connectivity index (χ2v) is 3.92. The zero-order valence-electron chi connectivity index (χ0n) is 10.1. The Kier molecular flexibility index (Phi) is 3.57. The van der Waals surface area contributed by atoms with Crippen LogP contribution in [0.3, 0.4) is 0 Å². The van der Waals surface area contributed by atoms with Crippen LogP contribution in [-0.4, -0.2) is 32.8 Å². The highest BCUT2D eigenvalue weighted by Crippen LogP contribution is 2.10. The van der Waals surface area contributed by atoms with Crippen LogP contribution >= 0.6 is 0 Å². The maximum Gasteiger partial charge on any atom is 0.276 e. The molecule has 18 heavy (non-hydrogen) atoms. The lowest BCUT2D eigenvalue weighted by molar-refractivity contribution is 0.0746. The molecule has 0 unspecified atom stereocenters. The molecule has 0 spiro atoms. The Bertz CT molecular complexity index is 506. The van der Waals surface area contributed by atoms with Gasteiger partial charge in [-0.25, -0.2) is 0 Å². The van der Waals surface area contributed by atoms with Crippen LogP contribution in [0.4, 0.5) is 5.69 Å². The van der Waals surface area contributed by atoms with Gasteiger partial charge in [-0.2, -0.15) is 15.4 Å². The van der Waals surface area contributed by atoms with E-state index in [1.54, 1.807) is 4.90 Å². The van der Waals surface area contributed by atoms with Gasteiger partial charge in [0.2, 0.25) is 0 Å². The van der Waals surface area contributed by atoms with Gasteiger partial charge in [0.1, 0.15) is 0 Å². The second-order valence-electron chi connectivity index (χ2n) is 3.92. The van der Waals surface area contributed by atoms with E-state index >= 15 is 0 Å². The molecule has 0 saturated carbocycles. The molecular weight excluding hydrogens is 230 g/mol. The first-order valence-electron chi connectivity index (χ1n) is 5.70. The van der Waals surface area contributed by atoms with E-state index in [0.29, 0.717) is 24.5 Å². The molecule has 6 nitrogen and oxygen atoms in total. The van der Waals surface area contributed by atoms with E-state index in [1.165, 1.54) is 6.20 Å². The van der Waals surface area contributed by atoms with Gasteiger partial charge in [-0.05, 0) is 24.6 Å². The van der Waals surface area contributed by atoms with Crippen LogP contribution in [0.15, 0.2) is 30.5 Å². The number of nitrogen functional groups attached to an aromatic ring is 1. The minimum Gasteiger partial charge on any atom is -0.399 e. The number of nitrogens with one attached hydrogen (secondary N) is 1. The Morgan fingerprint density at radius 2 is 2.11 bits per heavy atom. The minimum absolute atomic E-state index is 0.136. The van der Waals surface area contributed by atoms with Gasteiger partial charge in [0.15, 0.2) is 5.69 Å². The summed E-state index contributed by atoms with van der Waals surface area (Å²) in [6.07, 6.45) is 1.42. The van der Waals surface area contributed by atoms with Crippen molar-refractivity contribution in [3.63, 3.8) is 0 Å². The van der Waals surface area contributed by atoms with Crippen molar-refractivity contribution < 1.29 is 4.79 Å². The number of rotatable bonds is 4. The summed E-state index contributed by atoms with van der Waals surface area (Å²) in [5, 5.41) is 9.87. The molecule has 3 N–H and O–H groups in total. The van der Waals surface area contributed by atoms with Gasteiger partial charge >= 0.3 is 0 Å². The Hall–Kier alpha value is -2.37. The molecule has 1 aromatic heterocycles. The molecule has 0 saturated heterocycles. The molecule has 0 aliphatic heterocycles. The number of H-pyrrole nitrogens is 1. The summed E-state index contributed by atoms with van der Waals surface area (Å²) < 4.78 is 0. The molecule has 6 heteroatoms. The molecule has 0 aliphatic carbocycles. The topological polar surface area (TPSA) is 87.9 Å². The van der Waals surface area contributed by atoms with Crippen molar-refractivity contribution in [2.75, 3.05) is 12.3 Å². The number of carbonyl (C=O) groups is 1. The number of benzene rings is 1. The molecule has 94 valence electrons. The third-order valence-electron chi connectivity index (χ3n) is 2.66. The molecule has 1 heterocycles. The van der Waals surface area contributed by atoms with Gasteiger partial charge in [-0.3, -0.25) is 4.79 Å². The lowest BCUT2D eigenvalue weighted by Gasteiger charge is -2.19. The predicted molar refractivity (Wildman–Crippen MR) is 67.7 cm³/mol. The second kappa shape index (κ2) is 5.31. The van der Waals surface area contributed by atoms with Crippen molar-refractivity contribution in [2.45, 2.75) is 13.5 Å². The lowest BCUT2D eigenvalue weighted by Crippen LogP contribution is -2.30. The number of hydrogen-bond donors (Lipinski definition) is 2. The van der Waals surface area contributed by atoms with Gasteiger partial charge < -0.3 is 10.6 Å². The van der Waals surface area contributed by atoms with Crippen LogP contribution in [-0.2, 0) is 6.54 Å². The number of aromatic amines is 1. The van der Waals surface area contributed by atoms with E-state index in [9.17, 15) is 4.79 Å². The van der Waals surface area contributed by atoms with E-state index in [2.05, 4.69) is 15.4 Å². The van der Waals surface area contributed by atoms with Crippen LogP contribution < -0.4 is 5.73 Å². The van der Waals surface area contributed by atoms with Gasteiger partial charge in [-0.15, -0.1) is 0 Å². The fourth-order valence-electron chi connectivity index (χ4n) is 1.64. The Labute approximate surface area is 105 Å². The maximum absolute atomic E-state index is 12.1. The maximum atomic E-state index is 12.1. The highest BCUT2D eigenvalue weighted by molar-refractivity contribution is 5.91. The van der Waals surface area contributed by atoms with E-state index in [-0.39, 0.29) is 5.91 Å². The molecule has 0 aliphatic rings. The monoisotopic (exact) mass is 245 g/mol. The van der Waals surface area contributed by atoms with Crippen LogP contribution in [0.2, 0.25) is 0 Å². The third-order valence-corrected chi connectivity index (χ3v) is 2.66. The molecule has 0 fully saturated rings. The van der Waals surface area contributed by atoms with Gasteiger partial charge in [0.25, 0.3) is 5.91 Å². The Morgan fingerprint density at radius 3 is 2.67 bits per heavy atom. The van der Waals surface area contributed by atoms with Crippen LogP contribution in [0.5, 0.6) is 0 Å². The van der Waals surface area contributed by atoms with E-state index in [1.807, 2.05) is 31.2 Å². The summed E-state index contributed by atoms with van der Waals surface area (Å²) >= 11 is 0. The fraction of sp³-hybridized carbons (Fsp3) is 0.250. The molecule has 1 aromatic carbocycles. The first kappa shape index (κ1) is 12.1. The van der Waals surface area contributed by atoms with Crippen LogP contribution in [0.1, 0.15) is 23.0 Å². The predicted octanol–water partition coefficient (Wildman–Crippen LogP) is 1.05. The van der Waals surface area contributed by atoms with E-state index < -0.39 is 0 Å². The number of hydrogen-bond acceptors (Lipinski definition) is 4. The van der Waals surface area contributed by atoms with Gasteiger partial charge in [-0.1, -0.05) is 12.1 Å². The molecule has 2 rings (SSSR count). The largest absolute Gasteiger partial charge is 0.399 e. The van der Waals surface area contributed by atoms with Crippen molar-refractivity contribution in [2.24, 2.45) is 0 Å². The minimum atomic E-state index is -0.136. The third kappa shape index (κ3) is 2.65. The number of carbonyl (C=O) groups excluding carboxylic acids is 1. The van der Waals surface area contributed by atoms with Crippen LogP contribution in [0.25, 0.3) is 0 Å². The number of aromatic nitrogens is 3. The first-order valence-corrected chi connectivity index (χ1v) is 5.70. The van der Waals surface area contributed by atoms with Crippen molar-refractivity contribution >= 4 is 11.6 Å². The summed E-state index contributed by atoms with van der Waals surface area (Å²) in [5.41, 5.74) is 7.69. The summed E-state index contributed by atoms with van der Waals surface area (Å²) in [6.45, 7) is 3.06. The Morgan fingerprint density at radius 1 is 1.39 bits per heavy atom. The molecule has 2 aromatic rings. The average Bonchev–Trinajstić information content (AvgIpc) is 2.91. The normalized spacial score (nSPS) is 10.3. The van der Waals surface area contributed by atoms with Crippen molar-refractivity contribution in [1.82, 2.24) is 20.3 Å². The zero-order chi connectivity index (χ0) is 13.0. The van der Waals surface area contributed by atoms with Crippen molar-refractivity contribution in [3.8, 4) is 0 Å². The molecule has 0 atom stereocenters. The fourth-order valence-corrected chi connectivity index (χ4v) is 1.64. The molecule has 1 amide bonds. The summed E-state index contributed by atoms with van der Waals surface area (Å²) in [4.78, 5) is 13.8. The van der Waals surface area contributed by atoms with Crippen molar-refractivity contribution in [1.29, 1.82) is 0 Å². The smallest absolute Gasteiger partial charge is 0.276 e. The number of amides is 1. The summed E-state index contributed by atoms with van der Waals surface area (Å²) in [7, 11) is 0. The standard InChI is InChI=1S/C12H15N5O/c1-2-17(12(18)11-7-14-16-15-11)8-9-3-5-10(13)6-4-9/h3-7H,2,8,13H2,1H3,(H,14,15,16). The van der Waals surface area contributed by atoms with E-state index in [0.717, 1.165) is 5.56 Å². The SMILES string of the molecule is CCN(Cc1ccc(N)cc1)C(=O)c1cn[nH]n1. The average molecular weight is 245 g/mol. The van der Waals surface area contributed by atoms with Gasteiger partial charge in [0.05, 0.1) is 6.20 Å². The highest BCUT2D eigenvalue weighted by atomic mass is 16.2. The summed E-state index contributed by atoms with van der Waals surface area (Å²) in [6, 6.07) is 7.47. The van der Waals surface area contributed by atoms with Gasteiger partial charge in [0, 0.05) is 18.8 Å². The van der Waals surface area contributed by atoms with Crippen LogP contribution in [0, 0.1) is 0 Å². The quantitative estimate of drug-likeness (QED) is 0.788. The first-order chi connectivity index (χ1) is 8.70. The lowest BCUT2D eigenvalue weighted by atomic mass is 10.2. The number of anilines is 1. The molecular formula is C12H15N5O. The molecule has 0 radical (unpaired) electrons. The highest BCUT2D eigenvalue weighted by Gasteiger charge is 2.16. The number of nitrogens with zero attached hydrogens (tertiary/aromatic N) is 3. The number of nitrogens with two attached hydrogens (primary N) is 1. The zero-order valence-corrected chi connectivity index (χ0v) is 10.1. The van der Waals surface area contributed by atoms with E-state index in [4.69, 9.17) is 5.73 Å². The summed E-state index contributed by atoms with van der Waals surface area (Å²) in [5.74, 6) is -0.136. The molecule has 0 bridgehead atoms. The Balaban J connectivity index is 2.10. The van der Waals surface area contributed by atoms with Crippen molar-refractivity contribution in [3.05, 3.63) is 41.7 Å².